The van der Waals surface area contributed by atoms with Gasteiger partial charge in [-0.25, -0.2) is 0 Å². The molecule has 0 aliphatic heterocycles. The number of carbonyl (C=O) groups excluding carboxylic acids is 2. The van der Waals surface area contributed by atoms with E-state index in [0.717, 1.165) is 12.1 Å². The highest BCUT2D eigenvalue weighted by Gasteiger charge is 2.36. The number of amides is 1. The van der Waals surface area contributed by atoms with E-state index in [2.05, 4.69) is 0 Å². The fraction of sp³-hybridized carbons (Fsp3) is 0.500. The monoisotopic (exact) mass is 376 g/mol. The molecule has 1 atom stereocenters. The summed E-state index contributed by atoms with van der Waals surface area (Å²) in [4.78, 5) is 33.3. The van der Waals surface area contributed by atoms with Crippen molar-refractivity contribution in [2.24, 2.45) is 5.92 Å². The van der Waals surface area contributed by atoms with Gasteiger partial charge >= 0.3 is 12.1 Å². The largest absolute Gasteiger partial charge is 0.453 e. The van der Waals surface area contributed by atoms with Crippen molar-refractivity contribution in [3.63, 3.8) is 0 Å². The molecule has 10 heteroatoms. The molecule has 26 heavy (non-hydrogen) atoms. The fourth-order valence-corrected chi connectivity index (χ4v) is 1.94. The predicted octanol–water partition coefficient (Wildman–Crippen LogP) is 3.92. The van der Waals surface area contributed by atoms with Gasteiger partial charge in [0, 0.05) is 18.6 Å². The van der Waals surface area contributed by atoms with E-state index in [4.69, 9.17) is 4.74 Å². The first-order valence-corrected chi connectivity index (χ1v) is 7.77. The quantitative estimate of drug-likeness (QED) is 0.442. The van der Waals surface area contributed by atoms with Crippen LogP contribution in [-0.2, 0) is 20.5 Å². The second-order valence-corrected chi connectivity index (χ2v) is 6.04. The van der Waals surface area contributed by atoms with Crippen LogP contribution in [0.4, 0.5) is 24.5 Å². The summed E-state index contributed by atoms with van der Waals surface area (Å²) < 4.78 is 44.1. The van der Waals surface area contributed by atoms with Crippen LogP contribution in [-0.4, -0.2) is 22.9 Å². The van der Waals surface area contributed by atoms with E-state index in [1.165, 1.54) is 6.92 Å². The predicted molar refractivity (Wildman–Crippen MR) is 86.4 cm³/mol. The van der Waals surface area contributed by atoms with Gasteiger partial charge < -0.3 is 10.1 Å². The van der Waals surface area contributed by atoms with Crippen LogP contribution in [0.3, 0.4) is 0 Å². The summed E-state index contributed by atoms with van der Waals surface area (Å²) in [6.07, 6.45) is -5.59. The molecular weight excluding hydrogens is 357 g/mol. The first-order chi connectivity index (χ1) is 11.9. The number of halogens is 3. The zero-order valence-corrected chi connectivity index (χ0v) is 14.4. The maximum atomic E-state index is 13.1. The molecule has 0 aliphatic carbocycles. The first-order valence-electron chi connectivity index (χ1n) is 7.77. The Morgan fingerprint density at radius 2 is 1.88 bits per heavy atom. The van der Waals surface area contributed by atoms with Crippen LogP contribution in [0.1, 0.15) is 39.2 Å². The normalized spacial score (nSPS) is 12.6. The van der Waals surface area contributed by atoms with Gasteiger partial charge in [0.1, 0.15) is 0 Å². The Hall–Kier alpha value is -2.65. The van der Waals surface area contributed by atoms with E-state index in [1.807, 2.05) is 19.2 Å². The van der Waals surface area contributed by atoms with Crippen LogP contribution in [0, 0.1) is 16.0 Å². The smallest absolute Gasteiger partial charge is 0.418 e. The lowest BCUT2D eigenvalue weighted by Gasteiger charge is -2.17. The molecule has 0 spiro atoms. The van der Waals surface area contributed by atoms with Crippen molar-refractivity contribution in [3.8, 4) is 0 Å². The standard InChI is InChI=1S/C16H19F3N2O5/c1-9(2)4-7-14(22)26-10(3)15(23)20-13-6-5-11(21(24)25)8-12(13)16(17,18)19/h5-6,8-10H,4,7H2,1-3H3,(H,20,23). The van der Waals surface area contributed by atoms with Crippen LogP contribution in [0.15, 0.2) is 18.2 Å². The number of anilines is 1. The molecule has 144 valence electrons. The summed E-state index contributed by atoms with van der Waals surface area (Å²) >= 11 is 0. The molecule has 1 rings (SSSR count). The Balaban J connectivity index is 2.88. The van der Waals surface area contributed by atoms with Gasteiger partial charge in [0.05, 0.1) is 16.2 Å². The minimum absolute atomic E-state index is 0.0839. The van der Waals surface area contributed by atoms with Gasteiger partial charge in [-0.1, -0.05) is 13.8 Å². The highest BCUT2D eigenvalue weighted by Crippen LogP contribution is 2.37. The third kappa shape index (κ3) is 6.34. The van der Waals surface area contributed by atoms with Crippen molar-refractivity contribution >= 4 is 23.3 Å². The topological polar surface area (TPSA) is 98.5 Å². The van der Waals surface area contributed by atoms with Gasteiger partial charge in [-0.3, -0.25) is 19.7 Å². The van der Waals surface area contributed by atoms with Crippen LogP contribution >= 0.6 is 0 Å². The number of ether oxygens (including phenoxy) is 1. The van der Waals surface area contributed by atoms with E-state index >= 15 is 0 Å². The van der Waals surface area contributed by atoms with Crippen molar-refractivity contribution in [2.45, 2.75) is 45.9 Å². The number of benzene rings is 1. The Bertz CT molecular complexity index is 689. The summed E-state index contributed by atoms with van der Waals surface area (Å²) in [5, 5.41) is 12.6. The molecule has 0 fully saturated rings. The average molecular weight is 376 g/mol. The van der Waals surface area contributed by atoms with E-state index < -0.39 is 46.0 Å². The minimum Gasteiger partial charge on any atom is -0.453 e. The lowest BCUT2D eigenvalue weighted by atomic mass is 10.1. The SMILES string of the molecule is CC(C)CCC(=O)OC(C)C(=O)Nc1ccc([N+](=O)[O-])cc1C(F)(F)F. The first kappa shape index (κ1) is 21.4. The highest BCUT2D eigenvalue weighted by molar-refractivity contribution is 5.95. The summed E-state index contributed by atoms with van der Waals surface area (Å²) in [5.41, 5.74) is -2.78. The summed E-state index contributed by atoms with van der Waals surface area (Å²) in [7, 11) is 0. The molecule has 0 aliphatic rings. The Kier molecular flexibility index (Phi) is 7.10. The third-order valence-electron chi connectivity index (χ3n) is 3.38. The average Bonchev–Trinajstić information content (AvgIpc) is 2.51. The van der Waals surface area contributed by atoms with Gasteiger partial charge in [0.25, 0.3) is 11.6 Å². The van der Waals surface area contributed by atoms with E-state index in [1.54, 1.807) is 0 Å². The van der Waals surface area contributed by atoms with Gasteiger partial charge in [-0.05, 0) is 25.3 Å². The molecule has 0 radical (unpaired) electrons. The molecule has 0 saturated heterocycles. The van der Waals surface area contributed by atoms with Crippen LogP contribution < -0.4 is 5.32 Å². The molecule has 0 saturated carbocycles. The number of nitro benzene ring substituents is 1. The molecule has 1 aromatic carbocycles. The van der Waals surface area contributed by atoms with Crippen LogP contribution in [0.5, 0.6) is 0 Å². The summed E-state index contributed by atoms with van der Waals surface area (Å²) in [6, 6.07) is 1.95. The highest BCUT2D eigenvalue weighted by atomic mass is 19.4. The van der Waals surface area contributed by atoms with Crippen molar-refractivity contribution in [3.05, 3.63) is 33.9 Å². The molecule has 1 N–H and O–H groups in total. The number of alkyl halides is 3. The Morgan fingerprint density at radius 3 is 2.38 bits per heavy atom. The number of nitrogens with zero attached hydrogens (tertiary/aromatic N) is 1. The van der Waals surface area contributed by atoms with E-state index in [9.17, 15) is 32.9 Å². The summed E-state index contributed by atoms with van der Waals surface area (Å²) in [6.45, 7) is 5.02. The molecule has 0 bridgehead atoms. The number of rotatable bonds is 7. The molecule has 0 heterocycles. The number of carbonyl (C=O) groups is 2. The number of nitro groups is 1. The molecule has 1 amide bonds. The summed E-state index contributed by atoms with van der Waals surface area (Å²) in [5.74, 6) is -1.36. The molecule has 1 aromatic rings. The number of nitrogens with one attached hydrogen (secondary N) is 1. The van der Waals surface area contributed by atoms with E-state index in [0.29, 0.717) is 12.5 Å². The van der Waals surface area contributed by atoms with Gasteiger partial charge in [0.15, 0.2) is 6.10 Å². The molecule has 7 nitrogen and oxygen atoms in total. The number of non-ortho nitro benzene ring substituents is 1. The second-order valence-electron chi connectivity index (χ2n) is 6.04. The van der Waals surface area contributed by atoms with Crippen molar-refractivity contribution in [2.75, 3.05) is 5.32 Å². The van der Waals surface area contributed by atoms with Crippen molar-refractivity contribution in [1.82, 2.24) is 0 Å². The maximum Gasteiger partial charge on any atom is 0.418 e. The van der Waals surface area contributed by atoms with Gasteiger partial charge in [-0.15, -0.1) is 0 Å². The second kappa shape index (κ2) is 8.63. The maximum absolute atomic E-state index is 13.1. The third-order valence-corrected chi connectivity index (χ3v) is 3.38. The molecule has 0 aromatic heterocycles. The lowest BCUT2D eigenvalue weighted by Crippen LogP contribution is -2.30. The zero-order chi connectivity index (χ0) is 20.1. The number of esters is 1. The lowest BCUT2D eigenvalue weighted by molar-refractivity contribution is -0.385. The van der Waals surface area contributed by atoms with E-state index in [-0.39, 0.29) is 12.3 Å². The number of hydrogen-bond donors (Lipinski definition) is 1. The van der Waals surface area contributed by atoms with Gasteiger partial charge in [0.2, 0.25) is 0 Å². The van der Waals surface area contributed by atoms with Crippen molar-refractivity contribution < 1.29 is 32.4 Å². The molecular formula is C16H19F3N2O5. The Morgan fingerprint density at radius 1 is 1.27 bits per heavy atom. The molecule has 1 unspecified atom stereocenters. The Labute approximate surface area is 147 Å². The fourth-order valence-electron chi connectivity index (χ4n) is 1.94. The minimum atomic E-state index is -4.91. The number of hydrogen-bond acceptors (Lipinski definition) is 5. The van der Waals surface area contributed by atoms with Gasteiger partial charge in [-0.2, -0.15) is 13.2 Å². The zero-order valence-electron chi connectivity index (χ0n) is 14.4. The van der Waals surface area contributed by atoms with Crippen LogP contribution in [0.25, 0.3) is 0 Å². The van der Waals surface area contributed by atoms with Crippen LogP contribution in [0.2, 0.25) is 0 Å². The van der Waals surface area contributed by atoms with Crippen molar-refractivity contribution in [1.29, 1.82) is 0 Å².